The fourth-order valence-corrected chi connectivity index (χ4v) is 7.65. The van der Waals surface area contributed by atoms with Gasteiger partial charge in [-0.05, 0) is 73.6 Å². The van der Waals surface area contributed by atoms with Gasteiger partial charge in [-0.1, -0.05) is 57.2 Å². The molecular formula is C23H30NP. The summed E-state index contributed by atoms with van der Waals surface area (Å²) in [5, 5.41) is 7.22. The van der Waals surface area contributed by atoms with Gasteiger partial charge in [-0.3, -0.25) is 0 Å². The molecule has 1 aliphatic heterocycles. The molecule has 0 saturated heterocycles. The fourth-order valence-electron chi connectivity index (χ4n) is 4.50. The highest BCUT2D eigenvalue weighted by Crippen LogP contribution is 2.51. The van der Waals surface area contributed by atoms with Gasteiger partial charge in [0.25, 0.3) is 0 Å². The van der Waals surface area contributed by atoms with Gasteiger partial charge in [0.05, 0.1) is 0 Å². The molecule has 1 aliphatic carbocycles. The van der Waals surface area contributed by atoms with Crippen LogP contribution < -0.4 is 15.9 Å². The monoisotopic (exact) mass is 351 g/mol. The molecule has 2 aromatic carbocycles. The third-order valence-electron chi connectivity index (χ3n) is 5.58. The lowest BCUT2D eigenvalue weighted by Crippen LogP contribution is -2.32. The number of anilines is 1. The zero-order valence-corrected chi connectivity index (χ0v) is 16.8. The normalized spacial score (nSPS) is 18.0. The Bertz CT molecular complexity index is 713. The van der Waals surface area contributed by atoms with E-state index in [1.807, 2.05) is 0 Å². The summed E-state index contributed by atoms with van der Waals surface area (Å²) in [6.45, 7) is 8.42. The predicted molar refractivity (Wildman–Crippen MR) is 112 cm³/mol. The topological polar surface area (TPSA) is 12.0 Å². The highest BCUT2D eigenvalue weighted by molar-refractivity contribution is 7.74. The average molecular weight is 351 g/mol. The molecule has 2 heteroatoms. The van der Waals surface area contributed by atoms with E-state index < -0.39 is 0 Å². The fraction of sp³-hybridized carbons (Fsp3) is 0.478. The minimum atomic E-state index is -0.384. The molecule has 0 aromatic heterocycles. The molecule has 0 amide bonds. The Morgan fingerprint density at radius 2 is 1.48 bits per heavy atom. The largest absolute Gasteiger partial charge is 0.384 e. The Morgan fingerprint density at radius 1 is 0.800 bits per heavy atom. The van der Waals surface area contributed by atoms with E-state index in [9.17, 15) is 0 Å². The minimum Gasteiger partial charge on any atom is -0.384 e. The summed E-state index contributed by atoms with van der Waals surface area (Å²) in [6.07, 6.45) is 7.71. The Balaban J connectivity index is 1.90. The zero-order chi connectivity index (χ0) is 17.4. The van der Waals surface area contributed by atoms with E-state index in [0.717, 1.165) is 6.54 Å². The van der Waals surface area contributed by atoms with Gasteiger partial charge in [0.1, 0.15) is 0 Å². The van der Waals surface area contributed by atoms with E-state index in [4.69, 9.17) is 0 Å². The van der Waals surface area contributed by atoms with Crippen molar-refractivity contribution in [2.45, 2.75) is 64.5 Å². The van der Waals surface area contributed by atoms with Crippen LogP contribution in [0.25, 0.3) is 0 Å². The van der Waals surface area contributed by atoms with Crippen LogP contribution in [0.4, 0.5) is 5.69 Å². The molecular weight excluding hydrogens is 321 g/mol. The number of fused-ring (bicyclic) bond motifs is 2. The van der Waals surface area contributed by atoms with Crippen molar-refractivity contribution in [3.8, 4) is 0 Å². The first-order valence-corrected chi connectivity index (χ1v) is 11.2. The molecule has 0 bridgehead atoms. The molecule has 4 rings (SSSR count). The number of para-hydroxylation sites is 1. The van der Waals surface area contributed by atoms with Crippen LogP contribution in [-0.4, -0.2) is 11.7 Å². The van der Waals surface area contributed by atoms with Gasteiger partial charge in [-0.25, -0.2) is 0 Å². The number of hydrogen-bond acceptors (Lipinski definition) is 1. The van der Waals surface area contributed by atoms with E-state index in [2.05, 4.69) is 62.5 Å². The van der Waals surface area contributed by atoms with Gasteiger partial charge in [-0.2, -0.15) is 0 Å². The molecule has 25 heavy (non-hydrogen) atoms. The van der Waals surface area contributed by atoms with Crippen molar-refractivity contribution in [2.75, 3.05) is 11.9 Å². The molecule has 2 aromatic rings. The third-order valence-corrected chi connectivity index (χ3v) is 8.67. The van der Waals surface area contributed by atoms with Crippen LogP contribution in [0, 0.1) is 0 Å². The van der Waals surface area contributed by atoms with Gasteiger partial charge in [-0.15, -0.1) is 0 Å². The molecule has 1 nitrogen and oxygen atoms in total. The van der Waals surface area contributed by atoms with E-state index in [0.29, 0.717) is 0 Å². The molecule has 0 fully saturated rings. The quantitative estimate of drug-likeness (QED) is 0.738. The third kappa shape index (κ3) is 3.24. The molecule has 1 heterocycles. The molecule has 0 saturated carbocycles. The Morgan fingerprint density at radius 3 is 2.28 bits per heavy atom. The number of nitrogens with one attached hydrogen (secondary N) is 1. The first-order chi connectivity index (χ1) is 12.1. The molecule has 0 spiro atoms. The second-order valence-electron chi connectivity index (χ2n) is 8.47. The maximum Gasteiger partial charge on any atom is 0.0454 e. The molecule has 2 aliphatic rings. The Labute approximate surface area is 154 Å². The summed E-state index contributed by atoms with van der Waals surface area (Å²) in [6, 6.07) is 14.1. The van der Waals surface area contributed by atoms with E-state index in [1.54, 1.807) is 21.7 Å². The van der Waals surface area contributed by atoms with Gasteiger partial charge in [0.2, 0.25) is 0 Å². The first-order valence-electron chi connectivity index (χ1n) is 9.82. The van der Waals surface area contributed by atoms with Crippen molar-refractivity contribution in [3.63, 3.8) is 0 Å². The maximum absolute atomic E-state index is 3.75. The van der Waals surface area contributed by atoms with Crippen LogP contribution in [0.2, 0.25) is 0 Å². The van der Waals surface area contributed by atoms with Gasteiger partial charge >= 0.3 is 0 Å². The van der Waals surface area contributed by atoms with Crippen molar-refractivity contribution in [2.24, 2.45) is 0 Å². The van der Waals surface area contributed by atoms with E-state index >= 15 is 0 Å². The summed E-state index contributed by atoms with van der Waals surface area (Å²) in [5.74, 6) is 0. The van der Waals surface area contributed by atoms with Crippen LogP contribution in [-0.2, 0) is 19.3 Å². The Hall–Kier alpha value is -1.33. The standard InChI is InChI=1S/C23H30NP/c1-23(2,3)25(20-14-6-10-17-9-4-5-13-19(17)20)21-15-7-11-18-12-8-16-24-22(18)21/h6-7,10-11,14-15,24H,4-5,8-9,12-13,16H2,1-3H3. The summed E-state index contributed by atoms with van der Waals surface area (Å²) < 4.78 is 0. The van der Waals surface area contributed by atoms with Crippen LogP contribution in [0.5, 0.6) is 0 Å². The van der Waals surface area contributed by atoms with Crippen molar-refractivity contribution in [1.82, 2.24) is 0 Å². The number of hydrogen-bond donors (Lipinski definition) is 1. The highest BCUT2D eigenvalue weighted by Gasteiger charge is 2.33. The van der Waals surface area contributed by atoms with Crippen LogP contribution >= 0.6 is 7.92 Å². The smallest absolute Gasteiger partial charge is 0.0454 e. The second kappa shape index (κ2) is 6.76. The van der Waals surface area contributed by atoms with Gasteiger partial charge < -0.3 is 5.32 Å². The lowest BCUT2D eigenvalue weighted by Gasteiger charge is -2.37. The summed E-state index contributed by atoms with van der Waals surface area (Å²) in [4.78, 5) is 0. The molecule has 1 atom stereocenters. The minimum absolute atomic E-state index is 0.260. The van der Waals surface area contributed by atoms with Crippen molar-refractivity contribution < 1.29 is 0 Å². The van der Waals surface area contributed by atoms with Gasteiger partial charge in [0.15, 0.2) is 0 Å². The van der Waals surface area contributed by atoms with Crippen molar-refractivity contribution >= 4 is 24.2 Å². The summed E-state index contributed by atoms with van der Waals surface area (Å²) in [5.41, 5.74) is 6.25. The lowest BCUT2D eigenvalue weighted by atomic mass is 9.92. The first kappa shape index (κ1) is 17.1. The summed E-state index contributed by atoms with van der Waals surface area (Å²) >= 11 is 0. The number of benzene rings is 2. The zero-order valence-electron chi connectivity index (χ0n) is 15.9. The number of aryl methyl sites for hydroxylation is 2. The van der Waals surface area contributed by atoms with Crippen molar-refractivity contribution in [3.05, 3.63) is 53.1 Å². The molecule has 0 radical (unpaired) electrons. The molecule has 132 valence electrons. The van der Waals surface area contributed by atoms with Crippen LogP contribution in [0.15, 0.2) is 36.4 Å². The second-order valence-corrected chi connectivity index (χ2v) is 11.4. The Kier molecular flexibility index (Phi) is 4.63. The predicted octanol–water partition coefficient (Wildman–Crippen LogP) is 5.15. The highest BCUT2D eigenvalue weighted by atomic mass is 31.1. The van der Waals surface area contributed by atoms with Crippen LogP contribution in [0.3, 0.4) is 0 Å². The van der Waals surface area contributed by atoms with Crippen molar-refractivity contribution in [1.29, 1.82) is 0 Å². The van der Waals surface area contributed by atoms with E-state index in [-0.39, 0.29) is 13.1 Å². The van der Waals surface area contributed by atoms with Crippen LogP contribution in [0.1, 0.15) is 56.7 Å². The van der Waals surface area contributed by atoms with E-state index in [1.165, 1.54) is 49.8 Å². The molecule has 1 unspecified atom stereocenters. The number of rotatable bonds is 2. The molecule has 1 N–H and O–H groups in total. The average Bonchev–Trinajstić information content (AvgIpc) is 2.61. The SMILES string of the molecule is CC(C)(C)P(c1cccc2c1CCCC2)c1cccc2c1NCCC2. The van der Waals surface area contributed by atoms with Gasteiger partial charge in [0, 0.05) is 17.5 Å². The summed E-state index contributed by atoms with van der Waals surface area (Å²) in [7, 11) is -0.384. The lowest BCUT2D eigenvalue weighted by molar-refractivity contribution is 0.688. The maximum atomic E-state index is 3.75.